The number of carbonyl (C=O) groups excluding carboxylic acids is 2. The van der Waals surface area contributed by atoms with Gasteiger partial charge in [-0.25, -0.2) is 4.98 Å². The molecular weight excluding hydrogens is 368 g/mol. The molecule has 29 heavy (non-hydrogen) atoms. The third-order valence-corrected chi connectivity index (χ3v) is 5.02. The van der Waals surface area contributed by atoms with Crippen LogP contribution in [0.4, 0.5) is 0 Å². The number of aromatic nitrogens is 2. The molecule has 2 rings (SSSR count). The van der Waals surface area contributed by atoms with Crippen molar-refractivity contribution in [2.45, 2.75) is 59.0 Å². The second kappa shape index (κ2) is 12.8. The second-order valence-corrected chi connectivity index (χ2v) is 7.29. The fraction of sp³-hybridized carbons (Fsp3) is 0.522. The third kappa shape index (κ3) is 8.10. The first-order valence-corrected chi connectivity index (χ1v) is 10.5. The van der Waals surface area contributed by atoms with Gasteiger partial charge in [0.15, 0.2) is 0 Å². The van der Waals surface area contributed by atoms with Gasteiger partial charge in [-0.15, -0.1) is 0 Å². The Morgan fingerprint density at radius 3 is 2.55 bits per heavy atom. The number of esters is 2. The number of nitrogens with one attached hydrogen (secondary N) is 1. The molecule has 1 N–H and O–H groups in total. The molecule has 0 radical (unpaired) electrons. The Morgan fingerprint density at radius 1 is 1.10 bits per heavy atom. The average Bonchev–Trinajstić information content (AvgIpc) is 3.25. The number of aromatic amines is 1. The highest BCUT2D eigenvalue weighted by atomic mass is 16.5. The minimum absolute atomic E-state index is 0.168. The van der Waals surface area contributed by atoms with Crippen LogP contribution in [0.3, 0.4) is 0 Å². The molecule has 1 aromatic carbocycles. The second-order valence-electron chi connectivity index (χ2n) is 7.29. The first-order chi connectivity index (χ1) is 14.1. The Morgan fingerprint density at radius 2 is 1.90 bits per heavy atom. The van der Waals surface area contributed by atoms with E-state index in [0.29, 0.717) is 19.3 Å². The van der Waals surface area contributed by atoms with Gasteiger partial charge in [-0.2, -0.15) is 0 Å². The van der Waals surface area contributed by atoms with E-state index in [1.807, 2.05) is 37.3 Å². The lowest BCUT2D eigenvalue weighted by atomic mass is 9.87. The molecule has 158 valence electrons. The maximum Gasteiger partial charge on any atom is 0.309 e. The van der Waals surface area contributed by atoms with Gasteiger partial charge in [0.05, 0.1) is 18.9 Å². The lowest BCUT2D eigenvalue weighted by molar-refractivity contribution is -0.156. The molecule has 0 unspecified atom stereocenters. The van der Waals surface area contributed by atoms with Gasteiger partial charge in [-0.3, -0.25) is 9.59 Å². The number of H-pyrrole nitrogens is 1. The van der Waals surface area contributed by atoms with E-state index in [2.05, 4.69) is 16.9 Å². The molecule has 0 aliphatic heterocycles. The Bertz CT molecular complexity index is 716. The summed E-state index contributed by atoms with van der Waals surface area (Å²) in [7, 11) is 0. The van der Waals surface area contributed by atoms with Crippen molar-refractivity contribution in [3.63, 3.8) is 0 Å². The van der Waals surface area contributed by atoms with Crippen LogP contribution in [0.15, 0.2) is 42.9 Å². The maximum absolute atomic E-state index is 12.8. The van der Waals surface area contributed by atoms with Crippen LogP contribution >= 0.6 is 0 Å². The summed E-state index contributed by atoms with van der Waals surface area (Å²) in [6.07, 6.45) is 7.84. The molecular formula is C23H32N2O4. The van der Waals surface area contributed by atoms with Crippen molar-refractivity contribution < 1.29 is 19.1 Å². The van der Waals surface area contributed by atoms with E-state index in [-0.39, 0.29) is 37.0 Å². The van der Waals surface area contributed by atoms with Crippen molar-refractivity contribution in [2.24, 2.45) is 11.8 Å². The number of hydrogen-bond donors (Lipinski definition) is 1. The normalized spacial score (nSPS) is 12.9. The molecule has 0 aliphatic carbocycles. The van der Waals surface area contributed by atoms with Crippen LogP contribution in [0.1, 0.15) is 57.2 Å². The Balaban J connectivity index is 1.97. The first kappa shape index (κ1) is 22.7. The van der Waals surface area contributed by atoms with Gasteiger partial charge < -0.3 is 14.5 Å². The molecule has 0 fully saturated rings. The number of unbranched alkanes of at least 4 members (excludes halogenated alkanes) is 2. The number of benzene rings is 1. The van der Waals surface area contributed by atoms with Gasteiger partial charge in [0.2, 0.25) is 0 Å². The number of nitrogens with zero attached hydrogens (tertiary/aromatic N) is 1. The topological polar surface area (TPSA) is 81.3 Å². The lowest BCUT2D eigenvalue weighted by Gasteiger charge is -2.24. The summed E-state index contributed by atoms with van der Waals surface area (Å²) in [6, 6.07) is 9.61. The number of carbonyl (C=O) groups is 2. The summed E-state index contributed by atoms with van der Waals surface area (Å²) in [4.78, 5) is 32.0. The predicted octanol–water partition coefficient (Wildman–Crippen LogP) is 4.46. The zero-order chi connectivity index (χ0) is 20.9. The van der Waals surface area contributed by atoms with Crippen molar-refractivity contribution >= 4 is 11.9 Å². The number of imidazole rings is 1. The standard InChI is InChI=1S/C23H32N2O4/c1-3-5-7-12-22(26)28-16-19(13-20-14-24-17-25-20)21(4-2)23(27)29-15-18-10-8-6-9-11-18/h6,8-11,14,17,19,21H,3-5,7,12-13,15-16H2,1-2H3,(H,24,25)/t19-,21-/m0/s1. The average molecular weight is 401 g/mol. The third-order valence-electron chi connectivity index (χ3n) is 5.02. The summed E-state index contributed by atoms with van der Waals surface area (Å²) in [5.41, 5.74) is 1.86. The highest BCUT2D eigenvalue weighted by Gasteiger charge is 2.30. The smallest absolute Gasteiger partial charge is 0.309 e. The zero-order valence-corrected chi connectivity index (χ0v) is 17.4. The largest absolute Gasteiger partial charge is 0.465 e. The molecule has 0 aliphatic rings. The van der Waals surface area contributed by atoms with Crippen LogP contribution in [0.25, 0.3) is 0 Å². The van der Waals surface area contributed by atoms with Gasteiger partial charge in [-0.05, 0) is 24.8 Å². The quantitative estimate of drug-likeness (QED) is 0.396. The molecule has 1 aromatic heterocycles. The van der Waals surface area contributed by atoms with Crippen molar-refractivity contribution in [1.29, 1.82) is 0 Å². The molecule has 1 heterocycles. The van der Waals surface area contributed by atoms with E-state index in [1.165, 1.54) is 0 Å². The predicted molar refractivity (Wildman–Crippen MR) is 111 cm³/mol. The van der Waals surface area contributed by atoms with E-state index < -0.39 is 0 Å². The minimum Gasteiger partial charge on any atom is -0.465 e. The summed E-state index contributed by atoms with van der Waals surface area (Å²) >= 11 is 0. The van der Waals surface area contributed by atoms with Crippen molar-refractivity contribution in [3.05, 3.63) is 54.1 Å². The molecule has 0 amide bonds. The Labute approximate surface area is 173 Å². The molecule has 6 nitrogen and oxygen atoms in total. The van der Waals surface area contributed by atoms with Crippen molar-refractivity contribution in [1.82, 2.24) is 9.97 Å². The van der Waals surface area contributed by atoms with Gasteiger partial charge in [0.1, 0.15) is 6.61 Å². The molecule has 6 heteroatoms. The van der Waals surface area contributed by atoms with Crippen LogP contribution in [-0.2, 0) is 32.1 Å². The SMILES string of the molecule is CCCCCC(=O)OC[C@H](Cc1cnc[nH]1)[C@H](CC)C(=O)OCc1ccccc1. The molecule has 2 aromatic rings. The Hall–Kier alpha value is -2.63. The molecule has 2 atom stereocenters. The van der Waals surface area contributed by atoms with Crippen LogP contribution in [-0.4, -0.2) is 28.5 Å². The van der Waals surface area contributed by atoms with Gasteiger partial charge in [0.25, 0.3) is 0 Å². The fourth-order valence-electron chi connectivity index (χ4n) is 3.32. The van der Waals surface area contributed by atoms with Crippen LogP contribution in [0, 0.1) is 11.8 Å². The summed E-state index contributed by atoms with van der Waals surface area (Å²) in [6.45, 7) is 4.49. The zero-order valence-electron chi connectivity index (χ0n) is 17.4. The fourth-order valence-corrected chi connectivity index (χ4v) is 3.32. The van der Waals surface area contributed by atoms with Crippen molar-refractivity contribution in [3.8, 4) is 0 Å². The summed E-state index contributed by atoms with van der Waals surface area (Å²) in [5, 5.41) is 0. The Kier molecular flexibility index (Phi) is 9.96. The van der Waals surface area contributed by atoms with Crippen LogP contribution in [0.2, 0.25) is 0 Å². The van der Waals surface area contributed by atoms with E-state index in [0.717, 1.165) is 30.5 Å². The maximum atomic E-state index is 12.8. The number of hydrogen-bond acceptors (Lipinski definition) is 5. The summed E-state index contributed by atoms with van der Waals surface area (Å²) in [5.74, 6) is -0.993. The van der Waals surface area contributed by atoms with E-state index >= 15 is 0 Å². The molecule has 0 bridgehead atoms. The number of rotatable bonds is 13. The van der Waals surface area contributed by atoms with E-state index in [4.69, 9.17) is 9.47 Å². The van der Waals surface area contributed by atoms with Gasteiger partial charge in [0, 0.05) is 24.2 Å². The summed E-state index contributed by atoms with van der Waals surface area (Å²) < 4.78 is 11.1. The first-order valence-electron chi connectivity index (χ1n) is 10.5. The van der Waals surface area contributed by atoms with Crippen molar-refractivity contribution in [2.75, 3.05) is 6.61 Å². The van der Waals surface area contributed by atoms with Gasteiger partial charge in [-0.1, -0.05) is 57.0 Å². The van der Waals surface area contributed by atoms with E-state index in [1.54, 1.807) is 12.5 Å². The molecule has 0 saturated carbocycles. The highest BCUT2D eigenvalue weighted by Crippen LogP contribution is 2.23. The number of ether oxygens (including phenoxy) is 2. The lowest BCUT2D eigenvalue weighted by Crippen LogP contribution is -2.31. The molecule has 0 saturated heterocycles. The monoisotopic (exact) mass is 400 g/mol. The minimum atomic E-state index is -0.356. The highest BCUT2D eigenvalue weighted by molar-refractivity contribution is 5.73. The van der Waals surface area contributed by atoms with Crippen LogP contribution in [0.5, 0.6) is 0 Å². The molecule has 0 spiro atoms. The van der Waals surface area contributed by atoms with E-state index in [9.17, 15) is 9.59 Å². The van der Waals surface area contributed by atoms with Crippen LogP contribution < -0.4 is 0 Å². The van der Waals surface area contributed by atoms with Gasteiger partial charge >= 0.3 is 11.9 Å².